The topological polar surface area (TPSA) is 103 Å². The quantitative estimate of drug-likeness (QED) is 0.722. The van der Waals surface area contributed by atoms with Crippen molar-refractivity contribution in [2.45, 2.75) is 18.2 Å². The third kappa shape index (κ3) is 3.67. The number of nitriles is 1. The first kappa shape index (κ1) is 17.9. The summed E-state index contributed by atoms with van der Waals surface area (Å²) in [5, 5.41) is 9.95. The monoisotopic (exact) mass is 367 g/mol. The lowest BCUT2D eigenvalue weighted by molar-refractivity contribution is 0.581. The largest absolute Gasteiger partial charge is 0.322 e. The summed E-state index contributed by atoms with van der Waals surface area (Å²) in [6.45, 7) is 2.00. The maximum Gasteiger partial charge on any atom is 0.251 e. The average molecular weight is 367 g/mol. The van der Waals surface area contributed by atoms with E-state index in [4.69, 9.17) is 5.26 Å². The van der Waals surface area contributed by atoms with Gasteiger partial charge in [-0.05, 0) is 48.6 Å². The Hall–Kier alpha value is -2.95. The molecule has 3 aromatic rings. The van der Waals surface area contributed by atoms with Crippen LogP contribution in [0.1, 0.15) is 16.7 Å². The van der Waals surface area contributed by atoms with Crippen LogP contribution < -0.4 is 10.3 Å². The molecular weight excluding hydrogens is 350 g/mol. The van der Waals surface area contributed by atoms with Crippen LogP contribution >= 0.6 is 0 Å². The molecule has 2 N–H and O–H groups in total. The van der Waals surface area contributed by atoms with Gasteiger partial charge in [0.2, 0.25) is 10.0 Å². The molecule has 0 atom stereocenters. The van der Waals surface area contributed by atoms with Crippen molar-refractivity contribution in [2.24, 2.45) is 0 Å². The minimum absolute atomic E-state index is 0.0581. The summed E-state index contributed by atoms with van der Waals surface area (Å²) in [5.74, 6) is 0. The highest BCUT2D eigenvalue weighted by Crippen LogP contribution is 2.15. The number of H-pyrrole nitrogens is 1. The van der Waals surface area contributed by atoms with Crippen LogP contribution in [0.4, 0.5) is 0 Å². The van der Waals surface area contributed by atoms with E-state index in [1.54, 1.807) is 18.2 Å². The molecule has 6 nitrogen and oxygen atoms in total. The predicted octanol–water partition coefficient (Wildman–Crippen LogP) is 2.23. The maximum absolute atomic E-state index is 12.4. The molecule has 0 bridgehead atoms. The number of nitrogens with zero attached hydrogens (tertiary/aromatic N) is 1. The van der Waals surface area contributed by atoms with E-state index in [1.165, 1.54) is 12.1 Å². The Kier molecular flexibility index (Phi) is 4.89. The van der Waals surface area contributed by atoms with E-state index in [0.29, 0.717) is 5.56 Å². The van der Waals surface area contributed by atoms with Gasteiger partial charge in [-0.3, -0.25) is 4.79 Å². The summed E-state index contributed by atoms with van der Waals surface area (Å²) in [5.41, 5.74) is 2.14. The Bertz CT molecular complexity index is 1170. The first-order chi connectivity index (χ1) is 12.4. The van der Waals surface area contributed by atoms with Crippen molar-refractivity contribution in [1.29, 1.82) is 5.26 Å². The number of pyridine rings is 1. The van der Waals surface area contributed by atoms with E-state index < -0.39 is 10.0 Å². The van der Waals surface area contributed by atoms with Gasteiger partial charge in [0.25, 0.3) is 5.56 Å². The molecule has 1 heterocycles. The van der Waals surface area contributed by atoms with Gasteiger partial charge in [0.1, 0.15) is 6.07 Å². The Morgan fingerprint density at radius 3 is 2.69 bits per heavy atom. The van der Waals surface area contributed by atoms with E-state index in [0.717, 1.165) is 16.5 Å². The summed E-state index contributed by atoms with van der Waals surface area (Å²) in [7, 11) is -3.82. The number of aryl methyl sites for hydroxylation is 1. The Morgan fingerprint density at radius 1 is 1.15 bits per heavy atom. The number of aromatic nitrogens is 1. The summed E-state index contributed by atoms with van der Waals surface area (Å²) < 4.78 is 27.2. The normalized spacial score (nSPS) is 11.4. The molecule has 3 rings (SSSR count). The molecule has 0 saturated carbocycles. The second-order valence-corrected chi connectivity index (χ2v) is 7.71. The van der Waals surface area contributed by atoms with Crippen LogP contribution in [-0.4, -0.2) is 19.9 Å². The van der Waals surface area contributed by atoms with Gasteiger partial charge in [-0.2, -0.15) is 5.26 Å². The maximum atomic E-state index is 12.4. The van der Waals surface area contributed by atoms with E-state index in [9.17, 15) is 13.2 Å². The zero-order valence-corrected chi connectivity index (χ0v) is 14.9. The minimum Gasteiger partial charge on any atom is -0.322 e. The van der Waals surface area contributed by atoms with Gasteiger partial charge in [-0.15, -0.1) is 0 Å². The second kappa shape index (κ2) is 7.12. The molecule has 0 radical (unpaired) electrons. The number of benzene rings is 2. The van der Waals surface area contributed by atoms with Crippen LogP contribution in [0.5, 0.6) is 0 Å². The van der Waals surface area contributed by atoms with Crippen molar-refractivity contribution in [1.82, 2.24) is 9.71 Å². The van der Waals surface area contributed by atoms with Crippen molar-refractivity contribution in [3.05, 3.63) is 75.6 Å². The smallest absolute Gasteiger partial charge is 0.251 e. The SMILES string of the molecule is Cc1ccc2cc(CCNS(=O)(=O)c3ccccc3C#N)c(=O)[nH]c2c1. The molecule has 0 fully saturated rings. The van der Waals surface area contributed by atoms with Crippen molar-refractivity contribution in [3.8, 4) is 6.07 Å². The lowest BCUT2D eigenvalue weighted by Crippen LogP contribution is -2.28. The van der Waals surface area contributed by atoms with Gasteiger partial charge in [0.15, 0.2) is 0 Å². The van der Waals surface area contributed by atoms with Gasteiger partial charge >= 0.3 is 0 Å². The summed E-state index contributed by atoms with van der Waals surface area (Å²) in [6, 6.07) is 15.4. The van der Waals surface area contributed by atoms with Crippen LogP contribution in [-0.2, 0) is 16.4 Å². The number of hydrogen-bond donors (Lipinski definition) is 2. The molecule has 0 aliphatic rings. The predicted molar refractivity (Wildman–Crippen MR) is 99.4 cm³/mol. The number of aromatic amines is 1. The molecule has 1 aromatic heterocycles. The first-order valence-electron chi connectivity index (χ1n) is 8.02. The molecular formula is C19H17N3O3S. The fraction of sp³-hybridized carbons (Fsp3) is 0.158. The molecule has 0 amide bonds. The Labute approximate surface area is 151 Å². The summed E-state index contributed by atoms with van der Waals surface area (Å²) >= 11 is 0. The van der Waals surface area contributed by atoms with E-state index in [2.05, 4.69) is 9.71 Å². The molecule has 132 valence electrons. The minimum atomic E-state index is -3.82. The van der Waals surface area contributed by atoms with Crippen LogP contribution in [0.15, 0.2) is 58.2 Å². The van der Waals surface area contributed by atoms with Gasteiger partial charge in [-0.25, -0.2) is 13.1 Å². The van der Waals surface area contributed by atoms with E-state index in [1.807, 2.05) is 31.2 Å². The number of sulfonamides is 1. The van der Waals surface area contributed by atoms with Gasteiger partial charge in [-0.1, -0.05) is 24.3 Å². The molecule has 0 aliphatic carbocycles. The molecule has 0 unspecified atom stereocenters. The zero-order chi connectivity index (χ0) is 18.7. The van der Waals surface area contributed by atoms with Crippen LogP contribution in [0.3, 0.4) is 0 Å². The van der Waals surface area contributed by atoms with Crippen LogP contribution in [0.2, 0.25) is 0 Å². The Morgan fingerprint density at radius 2 is 1.92 bits per heavy atom. The van der Waals surface area contributed by atoms with Crippen LogP contribution in [0, 0.1) is 18.3 Å². The van der Waals surface area contributed by atoms with Crippen LogP contribution in [0.25, 0.3) is 10.9 Å². The van der Waals surface area contributed by atoms with Gasteiger partial charge < -0.3 is 4.98 Å². The molecule has 0 aliphatic heterocycles. The van der Waals surface area contributed by atoms with Crippen molar-refractivity contribution >= 4 is 20.9 Å². The van der Waals surface area contributed by atoms with Gasteiger partial charge in [0.05, 0.1) is 10.5 Å². The second-order valence-electron chi connectivity index (χ2n) is 5.97. The van der Waals surface area contributed by atoms with E-state index in [-0.39, 0.29) is 29.0 Å². The van der Waals surface area contributed by atoms with Crippen molar-refractivity contribution in [2.75, 3.05) is 6.54 Å². The third-order valence-electron chi connectivity index (χ3n) is 4.06. The van der Waals surface area contributed by atoms with E-state index >= 15 is 0 Å². The highest BCUT2D eigenvalue weighted by Gasteiger charge is 2.17. The summed E-state index contributed by atoms with van der Waals surface area (Å²) in [6.07, 6.45) is 0.243. The first-order valence-corrected chi connectivity index (χ1v) is 9.50. The molecule has 26 heavy (non-hydrogen) atoms. The molecule has 0 saturated heterocycles. The number of rotatable bonds is 5. The number of hydrogen-bond acceptors (Lipinski definition) is 4. The molecule has 0 spiro atoms. The Balaban J connectivity index is 1.78. The highest BCUT2D eigenvalue weighted by atomic mass is 32.2. The standard InChI is InChI=1S/C19H17N3O3S/c1-13-6-7-14-11-15(19(23)22-17(14)10-13)8-9-21-26(24,25)18-5-3-2-4-16(18)12-20/h2-7,10-11,21H,8-9H2,1H3,(H,22,23). The lowest BCUT2D eigenvalue weighted by atomic mass is 10.1. The number of fused-ring (bicyclic) bond motifs is 1. The lowest BCUT2D eigenvalue weighted by Gasteiger charge is -2.08. The highest BCUT2D eigenvalue weighted by molar-refractivity contribution is 7.89. The molecule has 7 heteroatoms. The zero-order valence-electron chi connectivity index (χ0n) is 14.1. The van der Waals surface area contributed by atoms with Crippen molar-refractivity contribution < 1.29 is 8.42 Å². The number of nitrogens with one attached hydrogen (secondary N) is 2. The van der Waals surface area contributed by atoms with Crippen molar-refractivity contribution in [3.63, 3.8) is 0 Å². The fourth-order valence-corrected chi connectivity index (χ4v) is 3.92. The summed E-state index contributed by atoms with van der Waals surface area (Å²) in [4.78, 5) is 15.0. The van der Waals surface area contributed by atoms with Gasteiger partial charge in [0, 0.05) is 17.6 Å². The molecule has 2 aromatic carbocycles. The average Bonchev–Trinajstić information content (AvgIpc) is 2.62. The fourth-order valence-electron chi connectivity index (χ4n) is 2.74. The third-order valence-corrected chi connectivity index (χ3v) is 5.58.